The quantitative estimate of drug-likeness (QED) is 0.737. The molecule has 2 aromatic carbocycles. The van der Waals surface area contributed by atoms with Crippen LogP contribution in [0.1, 0.15) is 12.5 Å². The van der Waals surface area contributed by atoms with Gasteiger partial charge in [0.2, 0.25) is 15.9 Å². The maximum atomic E-state index is 12.6. The first-order chi connectivity index (χ1) is 12.0. The minimum atomic E-state index is -3.75. The average molecular weight is 436 g/mol. The highest BCUT2D eigenvalue weighted by atomic mass is 35.5. The van der Waals surface area contributed by atoms with Crippen molar-refractivity contribution >= 4 is 62.1 Å². The predicted molar refractivity (Wildman–Crippen MR) is 108 cm³/mol. The number of carbonyl (C=O) groups is 1. The third kappa shape index (κ3) is 4.82. The number of anilines is 2. The number of benzene rings is 2. The zero-order valence-electron chi connectivity index (χ0n) is 14.3. The number of carbonyl (C=O) groups excluding carboxylic acids is 1. The van der Waals surface area contributed by atoms with Crippen molar-refractivity contribution in [3.63, 3.8) is 0 Å². The molecular weight excluding hydrogens is 419 g/mol. The smallest absolute Gasteiger partial charge is 0.248 e. The van der Waals surface area contributed by atoms with E-state index in [1.807, 2.05) is 0 Å². The van der Waals surface area contributed by atoms with Crippen LogP contribution in [0.3, 0.4) is 0 Å². The Morgan fingerprint density at radius 1 is 1.08 bits per heavy atom. The van der Waals surface area contributed by atoms with Gasteiger partial charge in [-0.2, -0.15) is 0 Å². The largest absolute Gasteiger partial charge is 0.323 e. The Bertz CT molecular complexity index is 948. The van der Waals surface area contributed by atoms with Crippen LogP contribution in [0.25, 0.3) is 0 Å². The van der Waals surface area contributed by atoms with Gasteiger partial charge in [-0.3, -0.25) is 9.10 Å². The van der Waals surface area contributed by atoms with E-state index in [-0.39, 0.29) is 0 Å². The molecule has 0 aliphatic carbocycles. The summed E-state index contributed by atoms with van der Waals surface area (Å²) >= 11 is 18.1. The lowest BCUT2D eigenvalue weighted by molar-refractivity contribution is -0.116. The Hall–Kier alpha value is -1.47. The van der Waals surface area contributed by atoms with E-state index in [2.05, 4.69) is 5.32 Å². The minimum absolute atomic E-state index is 0.291. The molecule has 0 bridgehead atoms. The zero-order chi connectivity index (χ0) is 19.6. The van der Waals surface area contributed by atoms with Crippen LogP contribution in [-0.4, -0.2) is 26.6 Å². The summed E-state index contributed by atoms with van der Waals surface area (Å²) in [6.07, 6.45) is 1.02. The third-order valence-electron chi connectivity index (χ3n) is 3.68. The molecule has 0 aliphatic rings. The molecule has 1 amide bonds. The molecule has 0 unspecified atom stereocenters. The van der Waals surface area contributed by atoms with E-state index in [9.17, 15) is 13.2 Å². The Balaban J connectivity index is 2.37. The molecule has 1 N–H and O–H groups in total. The number of aryl methyl sites for hydroxylation is 1. The molecule has 2 rings (SSSR count). The van der Waals surface area contributed by atoms with Crippen LogP contribution in [0.4, 0.5) is 11.4 Å². The summed E-state index contributed by atoms with van der Waals surface area (Å²) in [5.41, 5.74) is 1.39. The van der Waals surface area contributed by atoms with Gasteiger partial charge in [-0.1, -0.05) is 40.9 Å². The molecule has 0 aromatic heterocycles. The van der Waals surface area contributed by atoms with Gasteiger partial charge in [0.1, 0.15) is 6.04 Å². The van der Waals surface area contributed by atoms with Gasteiger partial charge in [0, 0.05) is 10.0 Å². The summed E-state index contributed by atoms with van der Waals surface area (Å²) in [6, 6.07) is 8.36. The second-order valence-electron chi connectivity index (χ2n) is 5.78. The summed E-state index contributed by atoms with van der Waals surface area (Å²) in [5, 5.41) is 3.69. The lowest BCUT2D eigenvalue weighted by atomic mass is 10.2. The van der Waals surface area contributed by atoms with Crippen LogP contribution >= 0.6 is 34.8 Å². The van der Waals surface area contributed by atoms with Crippen molar-refractivity contribution in [2.24, 2.45) is 0 Å². The fourth-order valence-electron chi connectivity index (χ4n) is 2.36. The number of hydrogen-bond acceptors (Lipinski definition) is 3. The first kappa shape index (κ1) is 20.8. The lowest BCUT2D eigenvalue weighted by Crippen LogP contribution is -2.45. The van der Waals surface area contributed by atoms with E-state index in [1.54, 1.807) is 25.1 Å². The highest BCUT2D eigenvalue weighted by Gasteiger charge is 2.29. The van der Waals surface area contributed by atoms with Crippen LogP contribution in [0, 0.1) is 6.92 Å². The topological polar surface area (TPSA) is 66.5 Å². The van der Waals surface area contributed by atoms with Crippen LogP contribution in [0.5, 0.6) is 0 Å². The summed E-state index contributed by atoms with van der Waals surface area (Å²) in [7, 11) is -3.75. The van der Waals surface area contributed by atoms with Crippen molar-refractivity contribution in [3.05, 3.63) is 57.0 Å². The standard InChI is InChI=1S/C17H17Cl3N2O3S/c1-10-4-6-13(9-15(10)20)22(26(3,24)25)11(2)17(23)21-16-8-12(18)5-7-14(16)19/h4-9,11H,1-3H3,(H,21,23)/t11-/m0/s1. The van der Waals surface area contributed by atoms with E-state index in [1.165, 1.54) is 25.1 Å². The van der Waals surface area contributed by atoms with Gasteiger partial charge in [0.25, 0.3) is 0 Å². The van der Waals surface area contributed by atoms with Crippen LogP contribution in [0.2, 0.25) is 15.1 Å². The zero-order valence-corrected chi connectivity index (χ0v) is 17.3. The SMILES string of the molecule is Cc1ccc(N([C@@H](C)C(=O)Nc2cc(Cl)ccc2Cl)S(C)(=O)=O)cc1Cl. The second kappa shape index (κ2) is 8.05. The Morgan fingerprint density at radius 2 is 1.73 bits per heavy atom. The van der Waals surface area contributed by atoms with Crippen molar-refractivity contribution in [1.82, 2.24) is 0 Å². The van der Waals surface area contributed by atoms with Crippen LogP contribution in [-0.2, 0) is 14.8 Å². The Morgan fingerprint density at radius 3 is 2.31 bits per heavy atom. The molecule has 2 aromatic rings. The number of hydrogen-bond donors (Lipinski definition) is 1. The number of amides is 1. The monoisotopic (exact) mass is 434 g/mol. The maximum Gasteiger partial charge on any atom is 0.248 e. The Kier molecular flexibility index (Phi) is 6.45. The normalized spacial score (nSPS) is 12.5. The van der Waals surface area contributed by atoms with E-state index >= 15 is 0 Å². The third-order valence-corrected chi connectivity index (χ3v) is 5.90. The molecule has 5 nitrogen and oxygen atoms in total. The molecule has 0 radical (unpaired) electrons. The summed E-state index contributed by atoms with van der Waals surface area (Å²) < 4.78 is 25.6. The molecule has 0 saturated carbocycles. The molecule has 1 atom stereocenters. The number of halogens is 3. The summed E-state index contributed by atoms with van der Waals surface area (Å²) in [5.74, 6) is -0.559. The van der Waals surface area contributed by atoms with Crippen LogP contribution in [0.15, 0.2) is 36.4 Å². The fraction of sp³-hybridized carbons (Fsp3) is 0.235. The van der Waals surface area contributed by atoms with Gasteiger partial charge in [-0.15, -0.1) is 0 Å². The van der Waals surface area contributed by atoms with Crippen molar-refractivity contribution in [2.75, 3.05) is 15.9 Å². The molecule has 140 valence electrons. The Labute approximate surface area is 167 Å². The first-order valence-corrected chi connectivity index (χ1v) is 10.5. The molecule has 0 saturated heterocycles. The van der Waals surface area contributed by atoms with E-state index in [0.29, 0.717) is 26.4 Å². The van der Waals surface area contributed by atoms with Gasteiger partial charge in [-0.25, -0.2) is 8.42 Å². The summed E-state index contributed by atoms with van der Waals surface area (Å²) in [4.78, 5) is 12.6. The first-order valence-electron chi connectivity index (χ1n) is 7.52. The molecule has 0 heterocycles. The van der Waals surface area contributed by atoms with E-state index in [0.717, 1.165) is 16.1 Å². The summed E-state index contributed by atoms with van der Waals surface area (Å²) in [6.45, 7) is 3.27. The van der Waals surface area contributed by atoms with Gasteiger partial charge < -0.3 is 5.32 Å². The minimum Gasteiger partial charge on any atom is -0.323 e. The van der Waals surface area contributed by atoms with Crippen molar-refractivity contribution in [3.8, 4) is 0 Å². The number of sulfonamides is 1. The van der Waals surface area contributed by atoms with Crippen LogP contribution < -0.4 is 9.62 Å². The van der Waals surface area contributed by atoms with Gasteiger partial charge in [0.05, 0.1) is 22.7 Å². The predicted octanol–water partition coefficient (Wildman–Crippen LogP) is 4.75. The molecule has 0 spiro atoms. The van der Waals surface area contributed by atoms with Gasteiger partial charge in [0.15, 0.2) is 0 Å². The average Bonchev–Trinajstić information content (AvgIpc) is 2.53. The molecule has 26 heavy (non-hydrogen) atoms. The highest BCUT2D eigenvalue weighted by molar-refractivity contribution is 7.92. The number of rotatable bonds is 5. The van der Waals surface area contributed by atoms with E-state index < -0.39 is 22.0 Å². The molecule has 0 fully saturated rings. The van der Waals surface area contributed by atoms with Crippen molar-refractivity contribution < 1.29 is 13.2 Å². The molecular formula is C17H17Cl3N2O3S. The maximum absolute atomic E-state index is 12.6. The lowest BCUT2D eigenvalue weighted by Gasteiger charge is -2.28. The number of nitrogens with one attached hydrogen (secondary N) is 1. The van der Waals surface area contributed by atoms with Gasteiger partial charge >= 0.3 is 0 Å². The molecule has 0 aliphatic heterocycles. The number of nitrogens with zero attached hydrogens (tertiary/aromatic N) is 1. The van der Waals surface area contributed by atoms with Gasteiger partial charge in [-0.05, 0) is 49.7 Å². The highest BCUT2D eigenvalue weighted by Crippen LogP contribution is 2.29. The van der Waals surface area contributed by atoms with Crippen molar-refractivity contribution in [1.29, 1.82) is 0 Å². The molecule has 9 heteroatoms. The van der Waals surface area contributed by atoms with Crippen molar-refractivity contribution in [2.45, 2.75) is 19.9 Å². The van der Waals surface area contributed by atoms with E-state index in [4.69, 9.17) is 34.8 Å². The fourth-order valence-corrected chi connectivity index (χ4v) is 4.04. The second-order valence-corrected chi connectivity index (χ2v) is 8.89.